The van der Waals surface area contributed by atoms with Gasteiger partial charge in [0.05, 0.1) is 34.1 Å². The summed E-state index contributed by atoms with van der Waals surface area (Å²) in [5.41, 5.74) is 0.238. The summed E-state index contributed by atoms with van der Waals surface area (Å²) in [6.45, 7) is 3.01. The Morgan fingerprint density at radius 3 is 2.58 bits per heavy atom. The third-order valence-corrected chi connectivity index (χ3v) is 5.07. The van der Waals surface area contributed by atoms with Crippen LogP contribution in [0.2, 0.25) is 0 Å². The van der Waals surface area contributed by atoms with E-state index in [0.717, 1.165) is 12.8 Å². The van der Waals surface area contributed by atoms with Gasteiger partial charge in [-0.05, 0) is 37.8 Å². The Labute approximate surface area is 154 Å². The first-order valence-electron chi connectivity index (χ1n) is 7.92. The second-order valence-electron chi connectivity index (χ2n) is 6.20. The highest BCUT2D eigenvalue weighted by atomic mass is 127. The van der Waals surface area contributed by atoms with Crippen LogP contribution in [-0.4, -0.2) is 37.0 Å². The standard InChI is InChI=1S/C17H20IN3O3/c1-17(23,15-11-20(18)12-19-15)14-7-9-21(10-8-14)24-16(22)13-5-3-2-4-6-13/h2-6,11-12,14,23H,7-10H2,1H3. The molecule has 0 bridgehead atoms. The van der Waals surface area contributed by atoms with E-state index in [9.17, 15) is 9.90 Å². The van der Waals surface area contributed by atoms with E-state index in [1.165, 1.54) is 0 Å². The molecule has 1 fully saturated rings. The van der Waals surface area contributed by atoms with E-state index in [0.29, 0.717) is 24.3 Å². The first kappa shape index (κ1) is 17.4. The van der Waals surface area contributed by atoms with Gasteiger partial charge in [-0.3, -0.25) is 2.78 Å². The molecule has 2 heterocycles. The van der Waals surface area contributed by atoms with Crippen molar-refractivity contribution in [1.82, 2.24) is 12.8 Å². The normalized spacial score (nSPS) is 19.0. The number of benzene rings is 1. The van der Waals surface area contributed by atoms with Gasteiger partial charge in [0.1, 0.15) is 11.9 Å². The minimum absolute atomic E-state index is 0.0791. The van der Waals surface area contributed by atoms with Gasteiger partial charge in [-0.25, -0.2) is 9.78 Å². The number of rotatable bonds is 4. The number of aromatic nitrogens is 2. The second kappa shape index (κ2) is 7.20. The van der Waals surface area contributed by atoms with E-state index in [4.69, 9.17) is 4.84 Å². The van der Waals surface area contributed by atoms with Gasteiger partial charge in [0.25, 0.3) is 0 Å². The molecule has 1 aromatic carbocycles. The molecule has 0 spiro atoms. The molecule has 6 nitrogen and oxygen atoms in total. The Morgan fingerprint density at radius 2 is 2.00 bits per heavy atom. The molecule has 24 heavy (non-hydrogen) atoms. The fourth-order valence-electron chi connectivity index (χ4n) is 3.02. The fourth-order valence-corrected chi connectivity index (χ4v) is 3.41. The minimum atomic E-state index is -0.980. The summed E-state index contributed by atoms with van der Waals surface area (Å²) in [4.78, 5) is 21.8. The van der Waals surface area contributed by atoms with E-state index < -0.39 is 5.60 Å². The number of nitrogens with zero attached hydrogens (tertiary/aromatic N) is 3. The fraction of sp³-hybridized carbons (Fsp3) is 0.412. The molecule has 128 valence electrons. The number of carbonyl (C=O) groups excluding carboxylic acids is 1. The first-order valence-corrected chi connectivity index (χ1v) is 8.88. The van der Waals surface area contributed by atoms with E-state index in [-0.39, 0.29) is 11.9 Å². The summed E-state index contributed by atoms with van der Waals surface area (Å²) in [5.74, 6) is -0.264. The summed E-state index contributed by atoms with van der Waals surface area (Å²) < 4.78 is 1.80. The number of piperidine rings is 1. The van der Waals surface area contributed by atoms with Gasteiger partial charge in [-0.1, -0.05) is 18.2 Å². The summed E-state index contributed by atoms with van der Waals surface area (Å²) in [7, 11) is 0. The molecule has 1 aromatic heterocycles. The molecule has 3 rings (SSSR count). The van der Waals surface area contributed by atoms with Crippen molar-refractivity contribution < 1.29 is 14.7 Å². The van der Waals surface area contributed by atoms with Crippen LogP contribution in [0.15, 0.2) is 42.9 Å². The van der Waals surface area contributed by atoms with Crippen molar-refractivity contribution in [2.75, 3.05) is 13.1 Å². The molecular weight excluding hydrogens is 421 g/mol. The van der Waals surface area contributed by atoms with Gasteiger partial charge in [0.2, 0.25) is 0 Å². The van der Waals surface area contributed by atoms with Crippen molar-refractivity contribution in [2.45, 2.75) is 25.4 Å². The molecule has 1 atom stereocenters. The molecule has 0 aliphatic carbocycles. The van der Waals surface area contributed by atoms with E-state index in [1.54, 1.807) is 26.3 Å². The van der Waals surface area contributed by atoms with Crippen molar-refractivity contribution >= 4 is 28.8 Å². The molecule has 0 amide bonds. The highest BCUT2D eigenvalue weighted by Crippen LogP contribution is 2.35. The van der Waals surface area contributed by atoms with Crippen LogP contribution in [0.25, 0.3) is 0 Å². The Hall–Kier alpha value is -1.45. The maximum atomic E-state index is 12.1. The third-order valence-electron chi connectivity index (χ3n) is 4.54. The average Bonchev–Trinajstić information content (AvgIpc) is 3.03. The molecular formula is C17H20IN3O3. The molecule has 1 saturated heterocycles. The Bertz CT molecular complexity index is 694. The van der Waals surface area contributed by atoms with Gasteiger partial charge >= 0.3 is 5.97 Å². The maximum absolute atomic E-state index is 12.1. The third kappa shape index (κ3) is 3.79. The van der Waals surface area contributed by atoms with Crippen molar-refractivity contribution in [3.05, 3.63) is 54.1 Å². The van der Waals surface area contributed by atoms with Crippen LogP contribution in [0.3, 0.4) is 0 Å². The van der Waals surface area contributed by atoms with Crippen LogP contribution in [0.1, 0.15) is 35.8 Å². The quantitative estimate of drug-likeness (QED) is 0.740. The predicted molar refractivity (Wildman–Crippen MR) is 97.4 cm³/mol. The summed E-state index contributed by atoms with van der Waals surface area (Å²) in [6, 6.07) is 8.96. The maximum Gasteiger partial charge on any atom is 0.357 e. The lowest BCUT2D eigenvalue weighted by Crippen LogP contribution is -2.42. The largest absolute Gasteiger partial charge is 0.383 e. The van der Waals surface area contributed by atoms with Crippen LogP contribution in [0, 0.1) is 5.92 Å². The van der Waals surface area contributed by atoms with Crippen LogP contribution < -0.4 is 0 Å². The lowest BCUT2D eigenvalue weighted by atomic mass is 9.80. The van der Waals surface area contributed by atoms with E-state index in [1.807, 2.05) is 31.3 Å². The average molecular weight is 441 g/mol. The van der Waals surface area contributed by atoms with Crippen molar-refractivity contribution in [2.24, 2.45) is 5.92 Å². The smallest absolute Gasteiger partial charge is 0.357 e. The van der Waals surface area contributed by atoms with Crippen molar-refractivity contribution in [1.29, 1.82) is 0 Å². The highest BCUT2D eigenvalue weighted by Gasteiger charge is 2.38. The number of aliphatic hydroxyl groups is 1. The molecule has 1 aliphatic heterocycles. The van der Waals surface area contributed by atoms with Gasteiger partial charge in [-0.15, -0.1) is 5.06 Å². The van der Waals surface area contributed by atoms with Gasteiger partial charge < -0.3 is 9.94 Å². The molecule has 0 radical (unpaired) electrons. The Kier molecular flexibility index (Phi) is 5.21. The van der Waals surface area contributed by atoms with E-state index >= 15 is 0 Å². The SMILES string of the molecule is CC(O)(c1cn(I)cn1)C1CCN(OC(=O)c2ccccc2)CC1. The Morgan fingerprint density at radius 1 is 1.33 bits per heavy atom. The number of imidazole rings is 1. The van der Waals surface area contributed by atoms with Crippen LogP contribution in [0.5, 0.6) is 0 Å². The summed E-state index contributed by atoms with van der Waals surface area (Å²) >= 11 is 2.11. The van der Waals surface area contributed by atoms with Gasteiger partial charge in [0, 0.05) is 19.3 Å². The van der Waals surface area contributed by atoms with Crippen molar-refractivity contribution in [3.8, 4) is 0 Å². The molecule has 2 aromatic rings. The van der Waals surface area contributed by atoms with Crippen LogP contribution in [-0.2, 0) is 10.4 Å². The zero-order valence-corrected chi connectivity index (χ0v) is 15.6. The zero-order chi connectivity index (χ0) is 17.2. The first-order chi connectivity index (χ1) is 11.5. The van der Waals surface area contributed by atoms with Crippen molar-refractivity contribution in [3.63, 3.8) is 0 Å². The number of hydroxylamine groups is 2. The predicted octanol–water partition coefficient (Wildman–Crippen LogP) is 2.77. The second-order valence-corrected chi connectivity index (χ2v) is 7.31. The molecule has 7 heteroatoms. The molecule has 1 aliphatic rings. The minimum Gasteiger partial charge on any atom is -0.383 e. The van der Waals surface area contributed by atoms with Crippen LogP contribution >= 0.6 is 22.9 Å². The Balaban J connectivity index is 1.57. The lowest BCUT2D eigenvalue weighted by molar-refractivity contribution is -0.143. The molecule has 1 unspecified atom stereocenters. The number of carbonyl (C=O) groups is 1. The highest BCUT2D eigenvalue weighted by molar-refractivity contribution is 14.1. The summed E-state index contributed by atoms with van der Waals surface area (Å²) in [5, 5.41) is 12.5. The van der Waals surface area contributed by atoms with E-state index in [2.05, 4.69) is 27.8 Å². The van der Waals surface area contributed by atoms with Crippen LogP contribution in [0.4, 0.5) is 0 Å². The number of hydrogen-bond donors (Lipinski definition) is 1. The number of hydrogen-bond acceptors (Lipinski definition) is 5. The molecule has 1 N–H and O–H groups in total. The van der Waals surface area contributed by atoms with Gasteiger partial charge in [0.15, 0.2) is 0 Å². The monoisotopic (exact) mass is 441 g/mol. The zero-order valence-electron chi connectivity index (χ0n) is 13.4. The topological polar surface area (TPSA) is 67.6 Å². The van der Waals surface area contributed by atoms with Gasteiger partial charge in [-0.2, -0.15) is 0 Å². The number of halogens is 1. The summed E-state index contributed by atoms with van der Waals surface area (Å²) in [6.07, 6.45) is 5.00. The molecule has 0 saturated carbocycles. The lowest BCUT2D eigenvalue weighted by Gasteiger charge is -2.37.